The highest BCUT2D eigenvalue weighted by Gasteiger charge is 2.51. The lowest BCUT2D eigenvalue weighted by Gasteiger charge is -2.57. The van der Waals surface area contributed by atoms with Crippen LogP contribution in [0, 0.1) is 28.8 Å². The van der Waals surface area contributed by atoms with Gasteiger partial charge in [0.05, 0.1) is 0 Å². The van der Waals surface area contributed by atoms with Gasteiger partial charge in [0.1, 0.15) is 0 Å². The van der Waals surface area contributed by atoms with Crippen molar-refractivity contribution in [2.75, 3.05) is 0 Å². The second-order valence-corrected chi connectivity index (χ2v) is 7.49. The van der Waals surface area contributed by atoms with E-state index in [9.17, 15) is 13.2 Å². The Labute approximate surface area is 134 Å². The number of hydrogen-bond acceptors (Lipinski definition) is 0. The lowest BCUT2D eigenvalue weighted by molar-refractivity contribution is -0.0341. The van der Waals surface area contributed by atoms with Crippen molar-refractivity contribution < 1.29 is 13.2 Å². The minimum absolute atomic E-state index is 0.367. The van der Waals surface area contributed by atoms with Crippen LogP contribution in [0.3, 0.4) is 0 Å². The first kappa shape index (κ1) is 14.8. The molecule has 3 heteroatoms. The van der Waals surface area contributed by atoms with Gasteiger partial charge in [0, 0.05) is 0 Å². The molecule has 2 aliphatic carbocycles. The second-order valence-electron chi connectivity index (χ2n) is 7.49. The van der Waals surface area contributed by atoms with Gasteiger partial charge >= 0.3 is 0 Å². The van der Waals surface area contributed by atoms with Gasteiger partial charge in [-0.15, -0.1) is 0 Å². The van der Waals surface area contributed by atoms with E-state index in [4.69, 9.17) is 0 Å². The highest BCUT2D eigenvalue weighted by molar-refractivity contribution is 5.64. The van der Waals surface area contributed by atoms with Gasteiger partial charge in [0.25, 0.3) is 0 Å². The van der Waals surface area contributed by atoms with Crippen LogP contribution < -0.4 is 0 Å². The van der Waals surface area contributed by atoms with Crippen LogP contribution in [0.15, 0.2) is 36.4 Å². The number of benzene rings is 2. The fourth-order valence-corrected chi connectivity index (χ4v) is 4.64. The standard InChI is InChI=1S/C20H19F3/c1-12-8-20(9-12)10-16(11-20)14-4-2-13(3-5-14)15-6-17(21)19(23)18(22)7-15/h2-7,12,16H,8-11H2,1H3. The zero-order chi connectivity index (χ0) is 16.2. The van der Waals surface area contributed by atoms with Crippen LogP contribution in [-0.4, -0.2) is 0 Å². The monoisotopic (exact) mass is 316 g/mol. The summed E-state index contributed by atoms with van der Waals surface area (Å²) in [6.45, 7) is 2.31. The molecule has 0 aromatic heterocycles. The van der Waals surface area contributed by atoms with Crippen molar-refractivity contribution in [3.05, 3.63) is 59.4 Å². The average Bonchev–Trinajstić information content (AvgIpc) is 2.47. The minimum atomic E-state index is -1.42. The van der Waals surface area contributed by atoms with Crippen LogP contribution in [0.5, 0.6) is 0 Å². The molecule has 0 unspecified atom stereocenters. The predicted octanol–water partition coefficient (Wildman–Crippen LogP) is 6.06. The van der Waals surface area contributed by atoms with Crippen LogP contribution in [0.4, 0.5) is 13.2 Å². The molecule has 0 radical (unpaired) electrons. The highest BCUT2D eigenvalue weighted by Crippen LogP contribution is 2.63. The van der Waals surface area contributed by atoms with E-state index in [-0.39, 0.29) is 0 Å². The van der Waals surface area contributed by atoms with Crippen LogP contribution in [0.1, 0.15) is 44.1 Å². The van der Waals surface area contributed by atoms with Crippen molar-refractivity contribution in [3.63, 3.8) is 0 Å². The first-order valence-corrected chi connectivity index (χ1v) is 8.21. The third-order valence-corrected chi connectivity index (χ3v) is 5.62. The summed E-state index contributed by atoms with van der Waals surface area (Å²) in [5.41, 5.74) is 2.97. The molecule has 23 heavy (non-hydrogen) atoms. The van der Waals surface area contributed by atoms with Crippen LogP contribution in [0.25, 0.3) is 11.1 Å². The molecular weight excluding hydrogens is 297 g/mol. The van der Waals surface area contributed by atoms with E-state index in [0.717, 1.165) is 18.1 Å². The Hall–Kier alpha value is -1.77. The van der Waals surface area contributed by atoms with E-state index < -0.39 is 17.5 Å². The van der Waals surface area contributed by atoms with Crippen molar-refractivity contribution in [3.8, 4) is 11.1 Å². The van der Waals surface area contributed by atoms with Gasteiger partial charge in [-0.25, -0.2) is 13.2 Å². The van der Waals surface area contributed by atoms with Crippen molar-refractivity contribution in [2.24, 2.45) is 11.3 Å². The Kier molecular flexibility index (Phi) is 3.29. The van der Waals surface area contributed by atoms with Crippen LogP contribution >= 0.6 is 0 Å². The molecule has 2 saturated carbocycles. The van der Waals surface area contributed by atoms with Crippen molar-refractivity contribution in [2.45, 2.75) is 38.5 Å². The second kappa shape index (κ2) is 5.12. The van der Waals surface area contributed by atoms with Gasteiger partial charge in [-0.3, -0.25) is 0 Å². The van der Waals surface area contributed by atoms with Crippen molar-refractivity contribution in [1.29, 1.82) is 0 Å². The third kappa shape index (κ3) is 2.46. The molecule has 0 bridgehead atoms. The Balaban J connectivity index is 1.51. The molecule has 0 N–H and O–H groups in total. The first-order chi connectivity index (χ1) is 11.0. The van der Waals surface area contributed by atoms with Crippen LogP contribution in [0.2, 0.25) is 0 Å². The smallest absolute Gasteiger partial charge is 0.194 e. The number of hydrogen-bond donors (Lipinski definition) is 0. The molecule has 0 aliphatic heterocycles. The molecule has 0 nitrogen and oxygen atoms in total. The molecular formula is C20H19F3. The average molecular weight is 316 g/mol. The Bertz CT molecular complexity index is 711. The number of rotatable bonds is 2. The molecule has 0 atom stereocenters. The van der Waals surface area contributed by atoms with Crippen molar-refractivity contribution >= 4 is 0 Å². The molecule has 2 aromatic rings. The topological polar surface area (TPSA) is 0 Å². The quantitative estimate of drug-likeness (QED) is 0.590. The van der Waals surface area contributed by atoms with Gasteiger partial charge in [-0.2, -0.15) is 0 Å². The van der Waals surface area contributed by atoms with E-state index in [0.29, 0.717) is 22.5 Å². The maximum atomic E-state index is 13.3. The van der Waals surface area contributed by atoms with Gasteiger partial charge < -0.3 is 0 Å². The third-order valence-electron chi connectivity index (χ3n) is 5.62. The molecule has 120 valence electrons. The lowest BCUT2D eigenvalue weighted by atomic mass is 9.47. The van der Waals surface area contributed by atoms with Gasteiger partial charge in [0.15, 0.2) is 17.5 Å². The summed E-state index contributed by atoms with van der Waals surface area (Å²) in [4.78, 5) is 0. The molecule has 2 aromatic carbocycles. The Morgan fingerprint density at radius 2 is 1.39 bits per heavy atom. The molecule has 2 aliphatic rings. The SMILES string of the molecule is CC1CC2(C1)CC(c1ccc(-c3cc(F)c(F)c(F)c3)cc1)C2. The van der Waals surface area contributed by atoms with E-state index in [1.807, 2.05) is 24.3 Å². The van der Waals surface area contributed by atoms with E-state index in [2.05, 4.69) is 6.92 Å². The van der Waals surface area contributed by atoms with Crippen LogP contribution in [-0.2, 0) is 0 Å². The predicted molar refractivity (Wildman–Crippen MR) is 84.6 cm³/mol. The zero-order valence-corrected chi connectivity index (χ0v) is 13.1. The van der Waals surface area contributed by atoms with E-state index in [1.54, 1.807) is 0 Å². The number of halogens is 3. The fraction of sp³-hybridized carbons (Fsp3) is 0.400. The van der Waals surface area contributed by atoms with E-state index in [1.165, 1.54) is 31.2 Å². The molecule has 1 spiro atoms. The first-order valence-electron chi connectivity index (χ1n) is 8.21. The molecule has 0 saturated heterocycles. The summed E-state index contributed by atoms with van der Waals surface area (Å²) in [6.07, 6.45) is 5.23. The largest absolute Gasteiger partial charge is 0.204 e. The normalized spacial score (nSPS) is 29.2. The molecule has 4 rings (SSSR count). The van der Waals surface area contributed by atoms with Crippen molar-refractivity contribution in [1.82, 2.24) is 0 Å². The highest BCUT2D eigenvalue weighted by atomic mass is 19.2. The van der Waals surface area contributed by atoms with Gasteiger partial charge in [0.2, 0.25) is 0 Å². The Morgan fingerprint density at radius 3 is 1.91 bits per heavy atom. The summed E-state index contributed by atoms with van der Waals surface area (Å²) in [5, 5.41) is 0. The summed E-state index contributed by atoms with van der Waals surface area (Å²) in [5.74, 6) is -2.23. The lowest BCUT2D eigenvalue weighted by Crippen LogP contribution is -2.45. The fourth-order valence-electron chi connectivity index (χ4n) is 4.64. The summed E-state index contributed by atoms with van der Waals surface area (Å²) >= 11 is 0. The van der Waals surface area contributed by atoms with Gasteiger partial charge in [-0.1, -0.05) is 31.2 Å². The van der Waals surface area contributed by atoms with Gasteiger partial charge in [-0.05, 0) is 71.8 Å². The summed E-state index contributed by atoms with van der Waals surface area (Å²) in [6, 6.07) is 9.90. The maximum Gasteiger partial charge on any atom is 0.194 e. The zero-order valence-electron chi connectivity index (χ0n) is 13.1. The molecule has 0 heterocycles. The van der Waals surface area contributed by atoms with E-state index >= 15 is 0 Å². The summed E-state index contributed by atoms with van der Waals surface area (Å²) in [7, 11) is 0. The molecule has 0 amide bonds. The summed E-state index contributed by atoms with van der Waals surface area (Å²) < 4.78 is 39.7. The Morgan fingerprint density at radius 1 is 0.826 bits per heavy atom. The molecule has 2 fully saturated rings. The maximum absolute atomic E-state index is 13.3. The minimum Gasteiger partial charge on any atom is -0.204 e.